The molecule has 0 aliphatic carbocycles. The summed E-state index contributed by atoms with van der Waals surface area (Å²) in [5.74, 6) is 0.234. The van der Waals surface area contributed by atoms with Gasteiger partial charge < -0.3 is 5.32 Å². The number of hydrogen-bond acceptors (Lipinski definition) is 2. The zero-order valence-electron chi connectivity index (χ0n) is 18.0. The van der Waals surface area contributed by atoms with Crippen LogP contribution in [0.4, 0.5) is 0 Å². The molecule has 0 saturated carbocycles. The van der Waals surface area contributed by atoms with Crippen LogP contribution in [0.15, 0.2) is 97.1 Å². The SMILES string of the molecule is Cc1ccc(C(=O)NCC(c2ccc(CI)cc2)C(c2ccccc2)c2ccccc2)s1. The average molecular weight is 551 g/mol. The molecule has 2 nitrogen and oxygen atoms in total. The lowest BCUT2D eigenvalue weighted by Gasteiger charge is -2.29. The van der Waals surface area contributed by atoms with Crippen molar-refractivity contribution in [1.29, 1.82) is 0 Å². The topological polar surface area (TPSA) is 29.1 Å². The first-order valence-corrected chi connectivity index (χ1v) is 13.1. The van der Waals surface area contributed by atoms with E-state index in [-0.39, 0.29) is 17.7 Å². The second-order valence-corrected chi connectivity index (χ2v) is 9.95. The lowest BCUT2D eigenvalue weighted by Crippen LogP contribution is -2.31. The smallest absolute Gasteiger partial charge is 0.261 e. The number of aryl methyl sites for hydroxylation is 1. The quantitative estimate of drug-likeness (QED) is 0.180. The van der Waals surface area contributed by atoms with Gasteiger partial charge in [0.1, 0.15) is 0 Å². The molecule has 4 rings (SSSR count). The molecule has 4 aromatic rings. The van der Waals surface area contributed by atoms with E-state index in [2.05, 4.69) is 113 Å². The molecule has 1 heterocycles. The summed E-state index contributed by atoms with van der Waals surface area (Å²) in [5, 5.41) is 3.23. The number of carbonyl (C=O) groups is 1. The number of halogens is 1. The molecule has 0 radical (unpaired) electrons. The minimum atomic E-state index is -0.00291. The number of benzene rings is 3. The highest BCUT2D eigenvalue weighted by atomic mass is 127. The summed E-state index contributed by atoms with van der Waals surface area (Å²) in [7, 11) is 0. The molecular formula is C28H26INOS. The monoisotopic (exact) mass is 551 g/mol. The molecule has 3 aromatic carbocycles. The first-order valence-electron chi connectivity index (χ1n) is 10.7. The van der Waals surface area contributed by atoms with Crippen LogP contribution in [-0.2, 0) is 4.43 Å². The van der Waals surface area contributed by atoms with Crippen molar-refractivity contribution in [1.82, 2.24) is 5.32 Å². The Bertz CT molecular complexity index is 1100. The third kappa shape index (κ3) is 5.48. The molecule has 1 aromatic heterocycles. The molecule has 162 valence electrons. The zero-order valence-corrected chi connectivity index (χ0v) is 21.0. The lowest BCUT2D eigenvalue weighted by molar-refractivity contribution is 0.0954. The van der Waals surface area contributed by atoms with Gasteiger partial charge in [0, 0.05) is 27.7 Å². The van der Waals surface area contributed by atoms with E-state index in [9.17, 15) is 4.79 Å². The highest BCUT2D eigenvalue weighted by Crippen LogP contribution is 2.38. The molecule has 0 fully saturated rings. The average Bonchev–Trinajstić information content (AvgIpc) is 3.29. The van der Waals surface area contributed by atoms with E-state index in [1.165, 1.54) is 33.6 Å². The Kier molecular flexibility index (Phi) is 7.76. The van der Waals surface area contributed by atoms with Crippen LogP contribution in [-0.4, -0.2) is 12.5 Å². The highest BCUT2D eigenvalue weighted by molar-refractivity contribution is 14.1. The molecule has 32 heavy (non-hydrogen) atoms. The molecule has 0 aliphatic rings. The van der Waals surface area contributed by atoms with Gasteiger partial charge in [-0.25, -0.2) is 0 Å². The Hall–Kier alpha value is -2.44. The van der Waals surface area contributed by atoms with Crippen LogP contribution >= 0.6 is 33.9 Å². The maximum Gasteiger partial charge on any atom is 0.261 e. The number of amides is 1. The van der Waals surface area contributed by atoms with Gasteiger partial charge in [0.05, 0.1) is 4.88 Å². The van der Waals surface area contributed by atoms with Crippen molar-refractivity contribution in [2.24, 2.45) is 0 Å². The molecule has 0 saturated heterocycles. The zero-order chi connectivity index (χ0) is 22.3. The van der Waals surface area contributed by atoms with Crippen molar-refractivity contribution in [3.8, 4) is 0 Å². The predicted molar refractivity (Wildman–Crippen MR) is 143 cm³/mol. The van der Waals surface area contributed by atoms with Gasteiger partial charge in [-0.2, -0.15) is 0 Å². The fourth-order valence-electron chi connectivity index (χ4n) is 4.11. The Morgan fingerprint density at radius 3 is 1.91 bits per heavy atom. The van der Waals surface area contributed by atoms with Gasteiger partial charge in [-0.3, -0.25) is 4.79 Å². The van der Waals surface area contributed by atoms with Crippen molar-refractivity contribution in [3.63, 3.8) is 0 Å². The third-order valence-corrected chi connectivity index (χ3v) is 7.61. The van der Waals surface area contributed by atoms with E-state index in [4.69, 9.17) is 0 Å². The predicted octanol–water partition coefficient (Wildman–Crippen LogP) is 7.34. The number of nitrogens with one attached hydrogen (secondary N) is 1. The minimum absolute atomic E-state index is 0.00291. The maximum atomic E-state index is 12.9. The molecule has 0 aliphatic heterocycles. The van der Waals surface area contributed by atoms with Gasteiger partial charge in [0.2, 0.25) is 0 Å². The Morgan fingerprint density at radius 2 is 1.41 bits per heavy atom. The second-order valence-electron chi connectivity index (χ2n) is 7.90. The first kappa shape index (κ1) is 22.7. The van der Waals surface area contributed by atoms with Crippen LogP contribution in [0.2, 0.25) is 0 Å². The van der Waals surface area contributed by atoms with E-state index < -0.39 is 0 Å². The Labute approximate surface area is 207 Å². The fraction of sp³-hybridized carbons (Fsp3) is 0.179. The number of hydrogen-bond donors (Lipinski definition) is 1. The van der Waals surface area contributed by atoms with Gasteiger partial charge in [-0.05, 0) is 41.3 Å². The van der Waals surface area contributed by atoms with Crippen LogP contribution in [0.3, 0.4) is 0 Å². The van der Waals surface area contributed by atoms with Crippen molar-refractivity contribution < 1.29 is 4.79 Å². The molecular weight excluding hydrogens is 525 g/mol. The summed E-state index contributed by atoms with van der Waals surface area (Å²) in [5.41, 5.74) is 5.05. The largest absolute Gasteiger partial charge is 0.351 e. The Morgan fingerprint density at radius 1 is 0.812 bits per heavy atom. The van der Waals surface area contributed by atoms with Crippen molar-refractivity contribution in [3.05, 3.63) is 129 Å². The van der Waals surface area contributed by atoms with Gasteiger partial charge in [0.25, 0.3) is 5.91 Å². The molecule has 0 spiro atoms. The van der Waals surface area contributed by atoms with Crippen LogP contribution in [0.5, 0.6) is 0 Å². The summed E-state index contributed by atoms with van der Waals surface area (Å²) in [6.45, 7) is 2.59. The van der Waals surface area contributed by atoms with E-state index in [0.717, 1.165) is 14.2 Å². The summed E-state index contributed by atoms with van der Waals surface area (Å²) >= 11 is 3.93. The standard InChI is InChI=1S/C28H26INOS/c1-20-12-17-26(32-20)28(31)30-19-25(22-15-13-21(18-29)14-16-22)27(23-8-4-2-5-9-23)24-10-6-3-7-11-24/h2-17,25,27H,18-19H2,1H3,(H,30,31). The number of thiophene rings is 1. The van der Waals surface area contributed by atoms with E-state index in [0.29, 0.717) is 6.54 Å². The maximum absolute atomic E-state index is 12.9. The van der Waals surface area contributed by atoms with E-state index in [1.807, 2.05) is 19.1 Å². The fourth-order valence-corrected chi connectivity index (χ4v) is 5.40. The van der Waals surface area contributed by atoms with Crippen molar-refractivity contribution in [2.75, 3.05) is 6.54 Å². The van der Waals surface area contributed by atoms with Crippen molar-refractivity contribution in [2.45, 2.75) is 23.2 Å². The van der Waals surface area contributed by atoms with E-state index in [1.54, 1.807) is 0 Å². The molecule has 1 unspecified atom stereocenters. The normalized spacial score (nSPS) is 12.0. The van der Waals surface area contributed by atoms with Crippen LogP contribution in [0.25, 0.3) is 0 Å². The van der Waals surface area contributed by atoms with Gasteiger partial charge in [-0.15, -0.1) is 11.3 Å². The number of rotatable bonds is 8. The summed E-state index contributed by atoms with van der Waals surface area (Å²) in [4.78, 5) is 14.8. The molecule has 1 atom stereocenters. The van der Waals surface area contributed by atoms with Gasteiger partial charge >= 0.3 is 0 Å². The summed E-state index contributed by atoms with van der Waals surface area (Å²) in [6.07, 6.45) is 0. The van der Waals surface area contributed by atoms with Gasteiger partial charge in [-0.1, -0.05) is 108 Å². The molecule has 4 heteroatoms. The number of alkyl halides is 1. The summed E-state index contributed by atoms with van der Waals surface area (Å²) in [6, 6.07) is 34.0. The molecule has 1 N–H and O–H groups in total. The lowest BCUT2D eigenvalue weighted by atomic mass is 9.77. The second kappa shape index (κ2) is 10.9. The van der Waals surface area contributed by atoms with Crippen molar-refractivity contribution >= 4 is 39.8 Å². The summed E-state index contributed by atoms with van der Waals surface area (Å²) < 4.78 is 0.984. The first-order chi connectivity index (χ1) is 15.7. The van der Waals surface area contributed by atoms with Gasteiger partial charge in [0.15, 0.2) is 0 Å². The highest BCUT2D eigenvalue weighted by Gasteiger charge is 2.27. The van der Waals surface area contributed by atoms with Crippen LogP contribution in [0.1, 0.15) is 48.6 Å². The molecule has 1 amide bonds. The molecule has 0 bridgehead atoms. The minimum Gasteiger partial charge on any atom is -0.351 e. The third-order valence-electron chi connectivity index (χ3n) is 5.73. The van der Waals surface area contributed by atoms with Crippen LogP contribution < -0.4 is 5.32 Å². The van der Waals surface area contributed by atoms with E-state index >= 15 is 0 Å². The Balaban J connectivity index is 1.72. The van der Waals surface area contributed by atoms with Crippen LogP contribution in [0, 0.1) is 6.92 Å². The number of carbonyl (C=O) groups excluding carboxylic acids is 1.